The van der Waals surface area contributed by atoms with Gasteiger partial charge in [0, 0.05) is 12.0 Å². The fourth-order valence-corrected chi connectivity index (χ4v) is 1.18. The molecule has 1 fully saturated rings. The summed E-state index contributed by atoms with van der Waals surface area (Å²) in [7, 11) is 0. The fraction of sp³-hybridized carbons (Fsp3) is 0.900. The van der Waals surface area contributed by atoms with Crippen molar-refractivity contribution in [3.8, 4) is 0 Å². The van der Waals surface area contributed by atoms with Crippen molar-refractivity contribution in [2.45, 2.75) is 45.1 Å². The third kappa shape index (κ3) is 3.12. The summed E-state index contributed by atoms with van der Waals surface area (Å²) in [5.74, 6) is -0.0485. The first kappa shape index (κ1) is 12.4. The molecule has 0 aliphatic heterocycles. The molecule has 0 aromatic heterocycles. The summed E-state index contributed by atoms with van der Waals surface area (Å²) in [6.45, 7) is 3.38. The van der Waals surface area contributed by atoms with Crippen molar-refractivity contribution in [3.63, 3.8) is 0 Å². The Bertz CT molecular complexity index is 250. The molecule has 1 amide bonds. The second-order valence-electron chi connectivity index (χ2n) is 4.87. The molecule has 0 saturated heterocycles. The number of carbonyl (C=O) groups is 1. The van der Waals surface area contributed by atoms with Crippen LogP contribution in [0.25, 0.3) is 0 Å². The number of nitrogens with one attached hydrogen (secondary N) is 1. The Labute approximate surface area is 88.4 Å². The Kier molecular flexibility index (Phi) is 3.33. The number of hydrogen-bond acceptors (Lipinski definition) is 2. The summed E-state index contributed by atoms with van der Waals surface area (Å²) in [5, 5.41) is 2.64. The minimum absolute atomic E-state index is 0.0485. The average molecular weight is 220 g/mol. The van der Waals surface area contributed by atoms with Gasteiger partial charge in [0.2, 0.25) is 5.91 Å². The molecule has 0 bridgehead atoms. The highest BCUT2D eigenvalue weighted by Crippen LogP contribution is 2.44. The second-order valence-corrected chi connectivity index (χ2v) is 4.87. The summed E-state index contributed by atoms with van der Waals surface area (Å²) in [6, 6.07) is 0. The predicted octanol–water partition coefficient (Wildman–Crippen LogP) is 1.28. The van der Waals surface area contributed by atoms with Gasteiger partial charge < -0.3 is 11.1 Å². The first-order valence-electron chi connectivity index (χ1n) is 5.13. The normalized spacial score (nSPS) is 22.3. The molecule has 0 aromatic rings. The monoisotopic (exact) mass is 220 g/mol. The minimum atomic E-state index is -2.56. The van der Waals surface area contributed by atoms with Crippen LogP contribution in [0.3, 0.4) is 0 Å². The van der Waals surface area contributed by atoms with Crippen LogP contribution in [0.4, 0.5) is 8.78 Å². The summed E-state index contributed by atoms with van der Waals surface area (Å²) >= 11 is 0. The van der Waals surface area contributed by atoms with Crippen molar-refractivity contribution in [1.82, 2.24) is 5.32 Å². The Balaban J connectivity index is 2.24. The predicted molar refractivity (Wildman–Crippen MR) is 53.6 cm³/mol. The average Bonchev–Trinajstić information content (AvgIpc) is 2.84. The lowest BCUT2D eigenvalue weighted by Crippen LogP contribution is -2.47. The summed E-state index contributed by atoms with van der Waals surface area (Å²) in [6.07, 6.45) is -0.709. The summed E-state index contributed by atoms with van der Waals surface area (Å²) < 4.78 is 24.7. The van der Waals surface area contributed by atoms with E-state index in [1.807, 2.05) is 6.92 Å². The molecule has 88 valence electrons. The highest BCUT2D eigenvalue weighted by molar-refractivity contribution is 5.84. The van der Waals surface area contributed by atoms with E-state index in [0.29, 0.717) is 0 Å². The van der Waals surface area contributed by atoms with Crippen LogP contribution in [0.1, 0.15) is 33.1 Å². The smallest absolute Gasteiger partial charge is 0.256 e. The van der Waals surface area contributed by atoms with Crippen LogP contribution in [0.5, 0.6) is 0 Å². The quantitative estimate of drug-likeness (QED) is 0.733. The fourth-order valence-electron chi connectivity index (χ4n) is 1.18. The van der Waals surface area contributed by atoms with Crippen molar-refractivity contribution >= 4 is 5.91 Å². The number of alkyl halides is 2. The maximum Gasteiger partial charge on any atom is 0.256 e. The molecule has 3 N–H and O–H groups in total. The molecule has 1 rings (SSSR count). The van der Waals surface area contributed by atoms with E-state index in [0.717, 1.165) is 12.8 Å². The molecule has 0 spiro atoms. The lowest BCUT2D eigenvalue weighted by atomic mass is 10.00. The van der Waals surface area contributed by atoms with E-state index in [-0.39, 0.29) is 24.3 Å². The van der Waals surface area contributed by atoms with E-state index < -0.39 is 12.0 Å². The third-order valence-corrected chi connectivity index (χ3v) is 3.00. The Morgan fingerprint density at radius 2 is 2.13 bits per heavy atom. The second kappa shape index (κ2) is 4.04. The van der Waals surface area contributed by atoms with Gasteiger partial charge in [0.15, 0.2) is 0 Å². The Morgan fingerprint density at radius 1 is 1.60 bits per heavy atom. The highest BCUT2D eigenvalue weighted by atomic mass is 19.3. The summed E-state index contributed by atoms with van der Waals surface area (Å²) in [5.41, 5.74) is 3.60. The Hall–Kier alpha value is -0.710. The largest absolute Gasteiger partial charge is 0.356 e. The van der Waals surface area contributed by atoms with Gasteiger partial charge in [0.1, 0.15) is 0 Å². The molecule has 5 heteroatoms. The number of rotatable bonds is 5. The van der Waals surface area contributed by atoms with Crippen molar-refractivity contribution in [1.29, 1.82) is 0 Å². The van der Waals surface area contributed by atoms with Gasteiger partial charge in [-0.25, -0.2) is 8.78 Å². The number of halogens is 2. The van der Waals surface area contributed by atoms with Gasteiger partial charge in [-0.05, 0) is 26.2 Å². The van der Waals surface area contributed by atoms with Crippen molar-refractivity contribution < 1.29 is 13.6 Å². The zero-order valence-electron chi connectivity index (χ0n) is 9.15. The van der Waals surface area contributed by atoms with Gasteiger partial charge >= 0.3 is 0 Å². The van der Waals surface area contributed by atoms with Crippen LogP contribution in [-0.2, 0) is 4.79 Å². The van der Waals surface area contributed by atoms with Gasteiger partial charge in [0.05, 0.1) is 5.54 Å². The van der Waals surface area contributed by atoms with E-state index in [1.54, 1.807) is 0 Å². The van der Waals surface area contributed by atoms with Gasteiger partial charge in [-0.2, -0.15) is 0 Å². The van der Waals surface area contributed by atoms with Crippen LogP contribution in [0, 0.1) is 5.41 Å². The maximum absolute atomic E-state index is 12.3. The summed E-state index contributed by atoms with van der Waals surface area (Å²) in [4.78, 5) is 11.4. The topological polar surface area (TPSA) is 55.1 Å². The number of carbonyl (C=O) groups excluding carboxylic acids is 1. The lowest BCUT2D eigenvalue weighted by molar-refractivity contribution is -0.125. The van der Waals surface area contributed by atoms with Crippen LogP contribution in [0.15, 0.2) is 0 Å². The molecule has 1 saturated carbocycles. The zero-order chi connectivity index (χ0) is 11.7. The van der Waals surface area contributed by atoms with Crippen molar-refractivity contribution in [2.75, 3.05) is 6.54 Å². The molecule has 15 heavy (non-hydrogen) atoms. The van der Waals surface area contributed by atoms with Crippen LogP contribution in [0.2, 0.25) is 0 Å². The van der Waals surface area contributed by atoms with Crippen molar-refractivity contribution in [3.05, 3.63) is 0 Å². The first-order valence-corrected chi connectivity index (χ1v) is 5.13. The van der Waals surface area contributed by atoms with Crippen LogP contribution >= 0.6 is 0 Å². The highest BCUT2D eigenvalue weighted by Gasteiger charge is 2.44. The third-order valence-electron chi connectivity index (χ3n) is 3.00. The van der Waals surface area contributed by atoms with Gasteiger partial charge in [-0.1, -0.05) is 6.92 Å². The van der Waals surface area contributed by atoms with E-state index in [9.17, 15) is 13.6 Å². The van der Waals surface area contributed by atoms with Gasteiger partial charge in [-0.3, -0.25) is 4.79 Å². The number of hydrogen-bond donors (Lipinski definition) is 2. The SMILES string of the molecule is CC1(C(=O)NCCC(C)(N)C(F)F)CC1. The molecule has 0 radical (unpaired) electrons. The standard InChI is InChI=1S/C10H18F2N2O/c1-9(3-4-9)8(15)14-6-5-10(2,13)7(11)12/h7H,3-6,13H2,1-2H3,(H,14,15). The first-order chi connectivity index (χ1) is 6.78. The number of amides is 1. The van der Waals surface area contributed by atoms with Gasteiger partial charge in [-0.15, -0.1) is 0 Å². The van der Waals surface area contributed by atoms with Crippen LogP contribution in [-0.4, -0.2) is 24.4 Å². The van der Waals surface area contributed by atoms with Crippen molar-refractivity contribution in [2.24, 2.45) is 11.1 Å². The molecule has 0 heterocycles. The molecule has 1 unspecified atom stereocenters. The molecule has 3 nitrogen and oxygen atoms in total. The van der Waals surface area contributed by atoms with E-state index in [4.69, 9.17) is 5.73 Å². The Morgan fingerprint density at radius 3 is 2.53 bits per heavy atom. The maximum atomic E-state index is 12.3. The van der Waals surface area contributed by atoms with Gasteiger partial charge in [0.25, 0.3) is 6.43 Å². The molecular weight excluding hydrogens is 202 g/mol. The molecule has 1 aliphatic carbocycles. The van der Waals surface area contributed by atoms with E-state index in [1.165, 1.54) is 6.92 Å². The molecular formula is C10H18F2N2O. The van der Waals surface area contributed by atoms with E-state index in [2.05, 4.69) is 5.32 Å². The number of nitrogens with two attached hydrogens (primary N) is 1. The van der Waals surface area contributed by atoms with Crippen LogP contribution < -0.4 is 11.1 Å². The molecule has 1 aliphatic rings. The van der Waals surface area contributed by atoms with E-state index >= 15 is 0 Å². The zero-order valence-corrected chi connectivity index (χ0v) is 9.15. The lowest BCUT2D eigenvalue weighted by Gasteiger charge is -2.23. The molecule has 1 atom stereocenters. The minimum Gasteiger partial charge on any atom is -0.356 e. The molecule has 0 aromatic carbocycles.